The average molecular weight is 350 g/mol. The van der Waals surface area contributed by atoms with Crippen LogP contribution in [0, 0.1) is 0 Å². The van der Waals surface area contributed by atoms with Crippen molar-refractivity contribution in [2.24, 2.45) is 0 Å². The fourth-order valence-electron chi connectivity index (χ4n) is 2.29. The summed E-state index contributed by atoms with van der Waals surface area (Å²) in [6, 6.07) is 29.0. The van der Waals surface area contributed by atoms with E-state index in [9.17, 15) is 0 Å². The number of rotatable bonds is 1. The van der Waals surface area contributed by atoms with Gasteiger partial charge in [0, 0.05) is 21.6 Å². The van der Waals surface area contributed by atoms with E-state index in [2.05, 4.69) is 87.6 Å². The zero-order chi connectivity index (χ0) is 15.2. The van der Waals surface area contributed by atoms with Crippen molar-refractivity contribution in [2.45, 2.75) is 0 Å². The molecule has 2 heteroatoms. The first-order chi connectivity index (χ1) is 10.8. The molecule has 4 aromatic rings. The molecule has 0 bridgehead atoms. The summed E-state index contributed by atoms with van der Waals surface area (Å²) < 4.78 is 1.12. The van der Waals surface area contributed by atoms with E-state index >= 15 is 0 Å². The number of H-pyrrole nitrogens is 1. The molecular weight excluding hydrogens is 334 g/mol. The predicted octanol–water partition coefficient (Wildman–Crippen LogP) is 6.28. The second-order valence-corrected chi connectivity index (χ2v) is 5.86. The number of benzene rings is 3. The molecule has 0 unspecified atom stereocenters. The molecule has 108 valence electrons. The first kappa shape index (κ1) is 14.6. The maximum atomic E-state index is 3.40. The Hall–Kier alpha value is -2.32. The van der Waals surface area contributed by atoms with Gasteiger partial charge in [0.05, 0.1) is 0 Å². The second kappa shape index (κ2) is 7.10. The molecule has 0 saturated carbocycles. The molecule has 0 fully saturated rings. The minimum atomic E-state index is 1.12. The SMILES string of the molecule is Brc1ccc2[nH]ccc2c1.c1ccc(-c2ccccc2)cc1. The van der Waals surface area contributed by atoms with Gasteiger partial charge in [0.15, 0.2) is 0 Å². The molecule has 0 aliphatic heterocycles. The predicted molar refractivity (Wildman–Crippen MR) is 97.9 cm³/mol. The molecule has 0 saturated heterocycles. The fourth-order valence-corrected chi connectivity index (χ4v) is 2.66. The molecule has 0 amide bonds. The maximum absolute atomic E-state index is 3.40. The minimum absolute atomic E-state index is 1.12. The molecule has 0 aliphatic carbocycles. The van der Waals surface area contributed by atoms with Crippen LogP contribution in [0.2, 0.25) is 0 Å². The number of aromatic nitrogens is 1. The first-order valence-corrected chi connectivity index (χ1v) is 7.95. The molecule has 1 nitrogen and oxygen atoms in total. The summed E-state index contributed by atoms with van der Waals surface area (Å²) in [5.74, 6) is 0. The number of aromatic amines is 1. The first-order valence-electron chi connectivity index (χ1n) is 7.16. The molecule has 1 heterocycles. The van der Waals surface area contributed by atoms with Gasteiger partial charge in [-0.25, -0.2) is 0 Å². The van der Waals surface area contributed by atoms with E-state index in [4.69, 9.17) is 0 Å². The lowest BCUT2D eigenvalue weighted by Gasteiger charge is -1.98. The van der Waals surface area contributed by atoms with Gasteiger partial charge >= 0.3 is 0 Å². The molecule has 0 atom stereocenters. The average Bonchev–Trinajstić information content (AvgIpc) is 3.05. The highest BCUT2D eigenvalue weighted by Crippen LogP contribution is 2.18. The van der Waals surface area contributed by atoms with Gasteiger partial charge in [0.1, 0.15) is 0 Å². The molecule has 22 heavy (non-hydrogen) atoms. The van der Waals surface area contributed by atoms with Gasteiger partial charge in [-0.2, -0.15) is 0 Å². The van der Waals surface area contributed by atoms with Crippen LogP contribution in [-0.2, 0) is 0 Å². The third-order valence-electron chi connectivity index (χ3n) is 3.40. The van der Waals surface area contributed by atoms with Crippen molar-refractivity contribution in [1.82, 2.24) is 4.98 Å². The maximum Gasteiger partial charge on any atom is 0.0454 e. The number of hydrogen-bond acceptors (Lipinski definition) is 0. The van der Waals surface area contributed by atoms with E-state index in [1.165, 1.54) is 22.0 Å². The monoisotopic (exact) mass is 349 g/mol. The third kappa shape index (κ3) is 3.66. The van der Waals surface area contributed by atoms with Gasteiger partial charge in [-0.15, -0.1) is 0 Å². The van der Waals surface area contributed by atoms with E-state index < -0.39 is 0 Å². The zero-order valence-corrected chi connectivity index (χ0v) is 13.6. The van der Waals surface area contributed by atoms with E-state index in [0.717, 1.165) is 4.47 Å². The molecule has 1 aromatic heterocycles. The normalized spacial score (nSPS) is 10.0. The van der Waals surface area contributed by atoms with Gasteiger partial charge < -0.3 is 4.98 Å². The minimum Gasteiger partial charge on any atom is -0.361 e. The Kier molecular flexibility index (Phi) is 4.71. The van der Waals surface area contributed by atoms with E-state index in [0.29, 0.717) is 0 Å². The number of hydrogen-bond donors (Lipinski definition) is 1. The van der Waals surface area contributed by atoms with E-state index in [1.807, 2.05) is 24.4 Å². The quantitative estimate of drug-likeness (QED) is 0.416. The van der Waals surface area contributed by atoms with Gasteiger partial charge in [-0.1, -0.05) is 76.6 Å². The van der Waals surface area contributed by atoms with Crippen LogP contribution in [0.5, 0.6) is 0 Å². The van der Waals surface area contributed by atoms with Gasteiger partial charge in [-0.05, 0) is 35.4 Å². The summed E-state index contributed by atoms with van der Waals surface area (Å²) in [5.41, 5.74) is 3.74. The Balaban J connectivity index is 0.000000133. The molecule has 4 rings (SSSR count). The van der Waals surface area contributed by atoms with Crippen molar-refractivity contribution >= 4 is 26.8 Å². The number of nitrogens with one attached hydrogen (secondary N) is 1. The molecular formula is C20H16BrN. The number of halogens is 1. The summed E-state index contributed by atoms with van der Waals surface area (Å²) in [6.45, 7) is 0. The second-order valence-electron chi connectivity index (χ2n) is 4.94. The van der Waals surface area contributed by atoms with Crippen LogP contribution >= 0.6 is 15.9 Å². The summed E-state index contributed by atoms with van der Waals surface area (Å²) in [5, 5.41) is 1.24. The summed E-state index contributed by atoms with van der Waals surface area (Å²) >= 11 is 3.40. The summed E-state index contributed by atoms with van der Waals surface area (Å²) in [4.78, 5) is 3.13. The molecule has 0 radical (unpaired) electrons. The molecule has 0 aliphatic rings. The van der Waals surface area contributed by atoms with Crippen LogP contribution in [-0.4, -0.2) is 4.98 Å². The zero-order valence-electron chi connectivity index (χ0n) is 12.0. The highest BCUT2D eigenvalue weighted by molar-refractivity contribution is 9.10. The van der Waals surface area contributed by atoms with Crippen LogP contribution < -0.4 is 0 Å². The van der Waals surface area contributed by atoms with Crippen molar-refractivity contribution in [2.75, 3.05) is 0 Å². The van der Waals surface area contributed by atoms with Crippen LogP contribution in [0.15, 0.2) is 95.6 Å². The smallest absolute Gasteiger partial charge is 0.0454 e. The lowest BCUT2D eigenvalue weighted by molar-refractivity contribution is 1.48. The van der Waals surface area contributed by atoms with Gasteiger partial charge in [-0.3, -0.25) is 0 Å². The Morgan fingerprint density at radius 1 is 0.636 bits per heavy atom. The van der Waals surface area contributed by atoms with Crippen molar-refractivity contribution in [3.05, 3.63) is 95.6 Å². The topological polar surface area (TPSA) is 15.8 Å². The van der Waals surface area contributed by atoms with E-state index in [-0.39, 0.29) is 0 Å². The highest BCUT2D eigenvalue weighted by atomic mass is 79.9. The molecule has 0 spiro atoms. The summed E-state index contributed by atoms with van der Waals surface area (Å²) in [6.07, 6.45) is 1.94. The van der Waals surface area contributed by atoms with Crippen LogP contribution in [0.4, 0.5) is 0 Å². The lowest BCUT2D eigenvalue weighted by atomic mass is 10.1. The van der Waals surface area contributed by atoms with Crippen molar-refractivity contribution in [3.63, 3.8) is 0 Å². The fraction of sp³-hybridized carbons (Fsp3) is 0. The van der Waals surface area contributed by atoms with E-state index in [1.54, 1.807) is 0 Å². The third-order valence-corrected chi connectivity index (χ3v) is 3.89. The molecule has 1 N–H and O–H groups in total. The lowest BCUT2D eigenvalue weighted by Crippen LogP contribution is -1.73. The van der Waals surface area contributed by atoms with Crippen LogP contribution in [0.1, 0.15) is 0 Å². The number of fused-ring (bicyclic) bond motifs is 1. The Morgan fingerprint density at radius 3 is 1.82 bits per heavy atom. The van der Waals surface area contributed by atoms with Gasteiger partial charge in [0.2, 0.25) is 0 Å². The van der Waals surface area contributed by atoms with Crippen LogP contribution in [0.3, 0.4) is 0 Å². The Morgan fingerprint density at radius 2 is 1.23 bits per heavy atom. The standard InChI is InChI=1S/C12H10.C8H6BrN/c1-3-7-11(8-4-1)12-9-5-2-6-10-12;9-7-1-2-8-6(5-7)3-4-10-8/h1-10H;1-5,10H. The highest BCUT2D eigenvalue weighted by Gasteiger charge is 1.92. The Bertz CT molecular complexity index is 798. The van der Waals surface area contributed by atoms with Crippen LogP contribution in [0.25, 0.3) is 22.0 Å². The van der Waals surface area contributed by atoms with Crippen molar-refractivity contribution < 1.29 is 0 Å². The summed E-state index contributed by atoms with van der Waals surface area (Å²) in [7, 11) is 0. The molecule has 3 aromatic carbocycles. The van der Waals surface area contributed by atoms with Gasteiger partial charge in [0.25, 0.3) is 0 Å². The Labute approximate surface area is 138 Å². The van der Waals surface area contributed by atoms with Crippen molar-refractivity contribution in [3.8, 4) is 11.1 Å². The van der Waals surface area contributed by atoms with Crippen molar-refractivity contribution in [1.29, 1.82) is 0 Å². The largest absolute Gasteiger partial charge is 0.361 e.